The van der Waals surface area contributed by atoms with Crippen LogP contribution in [-0.4, -0.2) is 24.9 Å². The van der Waals surface area contributed by atoms with E-state index in [1.807, 2.05) is 18.2 Å². The SMILES string of the molecule is CC1(C)CC(NC=O)C(Cc2ccccc2)C(NC=O)C1.[CH3-].[CH3-].[Ti+2]. The van der Waals surface area contributed by atoms with Crippen LogP contribution in [0, 0.1) is 26.2 Å². The van der Waals surface area contributed by atoms with Gasteiger partial charge in [0.25, 0.3) is 0 Å². The number of nitrogens with one attached hydrogen (secondary N) is 2. The quantitative estimate of drug-likeness (QED) is 0.462. The van der Waals surface area contributed by atoms with E-state index in [4.69, 9.17) is 0 Å². The summed E-state index contributed by atoms with van der Waals surface area (Å²) in [6, 6.07) is 10.4. The van der Waals surface area contributed by atoms with Crippen molar-refractivity contribution in [3.8, 4) is 0 Å². The van der Waals surface area contributed by atoms with Gasteiger partial charge in [-0.25, -0.2) is 0 Å². The molecule has 1 aromatic carbocycles. The van der Waals surface area contributed by atoms with Crippen molar-refractivity contribution in [1.82, 2.24) is 10.6 Å². The van der Waals surface area contributed by atoms with Crippen molar-refractivity contribution in [2.45, 2.75) is 45.2 Å². The van der Waals surface area contributed by atoms with Gasteiger partial charge < -0.3 is 25.5 Å². The smallest absolute Gasteiger partial charge is 0.358 e. The van der Waals surface area contributed by atoms with Crippen LogP contribution in [0.25, 0.3) is 0 Å². The van der Waals surface area contributed by atoms with Crippen molar-refractivity contribution in [2.24, 2.45) is 11.3 Å². The van der Waals surface area contributed by atoms with E-state index < -0.39 is 0 Å². The molecule has 0 heterocycles. The van der Waals surface area contributed by atoms with Gasteiger partial charge in [0.1, 0.15) is 0 Å². The number of carbonyl (C=O) groups excluding carboxylic acids is 2. The third kappa shape index (κ3) is 6.78. The average Bonchev–Trinajstić information content (AvgIpc) is 2.43. The van der Waals surface area contributed by atoms with E-state index in [1.165, 1.54) is 5.56 Å². The summed E-state index contributed by atoms with van der Waals surface area (Å²) in [5.74, 6) is 0.218. The second-order valence-electron chi connectivity index (χ2n) is 6.71. The fourth-order valence-corrected chi connectivity index (χ4v) is 3.57. The standard InChI is InChI=1S/C17H24N2O2.2CH3.Ti/c1-17(2)9-15(18-11-20)14(16(10-17)19-12-21)8-13-6-4-3-5-7-13;;;/h3-7,11-12,14-16H,8-10H2,1-2H3,(H,18,20)(H,19,21);2*1H3;/q;2*-1;+2. The van der Waals surface area contributed by atoms with Gasteiger partial charge in [-0.3, -0.25) is 9.59 Å². The summed E-state index contributed by atoms with van der Waals surface area (Å²) in [4.78, 5) is 21.9. The normalized spacial score (nSPS) is 24.2. The Kier molecular flexibility index (Phi) is 12.0. The summed E-state index contributed by atoms with van der Waals surface area (Å²) in [5, 5.41) is 5.92. The summed E-state index contributed by atoms with van der Waals surface area (Å²) in [6.07, 6.45) is 4.28. The molecule has 0 bridgehead atoms. The Morgan fingerprint density at radius 2 is 1.46 bits per heavy atom. The molecule has 132 valence electrons. The number of amides is 2. The molecule has 1 aliphatic carbocycles. The summed E-state index contributed by atoms with van der Waals surface area (Å²) in [6.45, 7) is 4.37. The molecule has 2 N–H and O–H groups in total. The molecule has 0 spiro atoms. The first-order valence-electron chi connectivity index (χ1n) is 7.49. The fourth-order valence-electron chi connectivity index (χ4n) is 3.57. The van der Waals surface area contributed by atoms with Gasteiger partial charge in [0, 0.05) is 18.0 Å². The molecule has 24 heavy (non-hydrogen) atoms. The maximum Gasteiger partial charge on any atom is 2.00 e. The first-order valence-corrected chi connectivity index (χ1v) is 7.49. The Bertz CT molecular complexity index is 458. The molecular weight excluding hydrogens is 336 g/mol. The van der Waals surface area contributed by atoms with Crippen LogP contribution in [0.2, 0.25) is 0 Å². The van der Waals surface area contributed by atoms with E-state index in [0.717, 1.165) is 32.1 Å². The van der Waals surface area contributed by atoms with Gasteiger partial charge in [-0.05, 0) is 30.2 Å². The molecule has 1 aromatic rings. The van der Waals surface area contributed by atoms with E-state index in [9.17, 15) is 9.59 Å². The van der Waals surface area contributed by atoms with Crippen LogP contribution in [0.15, 0.2) is 30.3 Å². The molecule has 4 nitrogen and oxygen atoms in total. The molecule has 0 aliphatic heterocycles. The molecule has 1 saturated carbocycles. The predicted octanol–water partition coefficient (Wildman–Crippen LogP) is 2.79. The number of carbonyl (C=O) groups is 2. The molecule has 1 fully saturated rings. The Balaban J connectivity index is 0. The van der Waals surface area contributed by atoms with Crippen molar-refractivity contribution < 1.29 is 31.3 Å². The van der Waals surface area contributed by atoms with Gasteiger partial charge in [0.05, 0.1) is 0 Å². The Labute approximate surface area is 162 Å². The van der Waals surface area contributed by atoms with Crippen molar-refractivity contribution in [3.63, 3.8) is 0 Å². The van der Waals surface area contributed by atoms with Gasteiger partial charge in [-0.2, -0.15) is 0 Å². The molecule has 0 aromatic heterocycles. The van der Waals surface area contributed by atoms with Crippen LogP contribution in [0.1, 0.15) is 32.3 Å². The van der Waals surface area contributed by atoms with Crippen LogP contribution in [0.4, 0.5) is 0 Å². The van der Waals surface area contributed by atoms with Crippen LogP contribution < -0.4 is 10.6 Å². The molecule has 0 radical (unpaired) electrons. The molecule has 1 aliphatic rings. The van der Waals surface area contributed by atoms with Crippen LogP contribution in [-0.2, 0) is 37.7 Å². The molecule has 2 rings (SSSR count). The zero-order chi connectivity index (χ0) is 15.3. The van der Waals surface area contributed by atoms with E-state index in [-0.39, 0.29) is 60.0 Å². The van der Waals surface area contributed by atoms with Crippen molar-refractivity contribution in [3.05, 3.63) is 50.7 Å². The predicted molar refractivity (Wildman–Crippen MR) is 95.5 cm³/mol. The van der Waals surface area contributed by atoms with Crippen molar-refractivity contribution in [1.29, 1.82) is 0 Å². The van der Waals surface area contributed by atoms with Crippen molar-refractivity contribution >= 4 is 12.8 Å². The zero-order valence-electron chi connectivity index (χ0n) is 15.2. The Morgan fingerprint density at radius 3 is 1.88 bits per heavy atom. The van der Waals surface area contributed by atoms with E-state index in [0.29, 0.717) is 0 Å². The molecule has 0 saturated heterocycles. The minimum atomic E-state index is 0. The third-order valence-electron chi connectivity index (χ3n) is 4.46. The van der Waals surface area contributed by atoms with Gasteiger partial charge in [-0.15, -0.1) is 0 Å². The van der Waals surface area contributed by atoms with Gasteiger partial charge >= 0.3 is 21.7 Å². The summed E-state index contributed by atoms with van der Waals surface area (Å²) in [7, 11) is 0. The minimum absolute atomic E-state index is 0. The van der Waals surface area contributed by atoms with Crippen LogP contribution >= 0.6 is 0 Å². The number of benzene rings is 1. The largest absolute Gasteiger partial charge is 2.00 e. The second-order valence-corrected chi connectivity index (χ2v) is 6.71. The fraction of sp³-hybridized carbons (Fsp3) is 0.474. The zero-order valence-corrected chi connectivity index (χ0v) is 16.8. The first-order chi connectivity index (χ1) is 10.1. The number of rotatable bonds is 6. The monoisotopic (exact) mass is 366 g/mol. The van der Waals surface area contributed by atoms with Gasteiger partial charge in [-0.1, -0.05) is 44.2 Å². The van der Waals surface area contributed by atoms with Crippen LogP contribution in [0.3, 0.4) is 0 Å². The van der Waals surface area contributed by atoms with E-state index in [1.54, 1.807) is 0 Å². The number of hydrogen-bond acceptors (Lipinski definition) is 2. The molecule has 2 amide bonds. The van der Waals surface area contributed by atoms with Gasteiger partial charge in [0.2, 0.25) is 12.8 Å². The Morgan fingerprint density at radius 1 is 1.00 bits per heavy atom. The van der Waals surface area contributed by atoms with Crippen molar-refractivity contribution in [2.75, 3.05) is 0 Å². The third-order valence-corrected chi connectivity index (χ3v) is 4.46. The van der Waals surface area contributed by atoms with E-state index in [2.05, 4.69) is 36.6 Å². The summed E-state index contributed by atoms with van der Waals surface area (Å²) >= 11 is 0. The second kappa shape index (κ2) is 11.4. The van der Waals surface area contributed by atoms with Crippen LogP contribution in [0.5, 0.6) is 0 Å². The molecule has 5 heteroatoms. The first kappa shape index (κ1) is 25.1. The number of hydrogen-bond donors (Lipinski definition) is 2. The molecular formula is C19H30N2O2Ti. The summed E-state index contributed by atoms with van der Waals surface area (Å²) in [5.41, 5.74) is 1.34. The molecule has 2 atom stereocenters. The van der Waals surface area contributed by atoms with E-state index >= 15 is 0 Å². The molecule has 2 unspecified atom stereocenters. The minimum Gasteiger partial charge on any atom is -0.358 e. The average molecular weight is 366 g/mol. The Hall–Kier alpha value is -1.13. The maximum atomic E-state index is 10.9. The topological polar surface area (TPSA) is 58.2 Å². The summed E-state index contributed by atoms with van der Waals surface area (Å²) < 4.78 is 0. The van der Waals surface area contributed by atoms with Gasteiger partial charge in [0.15, 0.2) is 0 Å². The maximum absolute atomic E-state index is 10.9.